The number of hydrogen-bond acceptors (Lipinski definition) is 4. The van der Waals surface area contributed by atoms with Gasteiger partial charge in [0.2, 0.25) is 10.0 Å². The second kappa shape index (κ2) is 4.85. The molecule has 6 heteroatoms. The van der Waals surface area contributed by atoms with Crippen LogP contribution in [0.2, 0.25) is 0 Å². The fourth-order valence-corrected chi connectivity index (χ4v) is 5.43. The number of aliphatic hydroxyl groups excluding tert-OH is 1. The summed E-state index contributed by atoms with van der Waals surface area (Å²) >= 11 is 0. The fourth-order valence-electron chi connectivity index (χ4n) is 3.40. The molecule has 3 rings (SSSR count). The Bertz CT molecular complexity index is 651. The van der Waals surface area contributed by atoms with Crippen LogP contribution in [0.25, 0.3) is 0 Å². The van der Waals surface area contributed by atoms with E-state index in [-0.39, 0.29) is 22.5 Å². The zero-order valence-electron chi connectivity index (χ0n) is 10.9. The molecule has 0 saturated carbocycles. The molecule has 0 spiro atoms. The summed E-state index contributed by atoms with van der Waals surface area (Å²) in [6, 6.07) is 7.97. The van der Waals surface area contributed by atoms with E-state index in [4.69, 9.17) is 5.26 Å². The molecule has 2 bridgehead atoms. The normalized spacial score (nSPS) is 30.1. The van der Waals surface area contributed by atoms with Gasteiger partial charge in [0.15, 0.2) is 0 Å². The molecule has 106 valence electrons. The molecule has 2 fully saturated rings. The maximum atomic E-state index is 12.8. The van der Waals surface area contributed by atoms with Crippen LogP contribution in [-0.4, -0.2) is 36.0 Å². The third-order valence-corrected chi connectivity index (χ3v) is 6.27. The van der Waals surface area contributed by atoms with Crippen molar-refractivity contribution in [2.24, 2.45) is 0 Å². The van der Waals surface area contributed by atoms with Crippen LogP contribution < -0.4 is 0 Å². The first-order chi connectivity index (χ1) is 9.54. The van der Waals surface area contributed by atoms with Crippen molar-refractivity contribution in [3.8, 4) is 6.07 Å². The summed E-state index contributed by atoms with van der Waals surface area (Å²) in [5, 5.41) is 18.9. The van der Waals surface area contributed by atoms with E-state index in [9.17, 15) is 13.5 Å². The Morgan fingerprint density at radius 1 is 1.20 bits per heavy atom. The van der Waals surface area contributed by atoms with Crippen molar-refractivity contribution in [1.29, 1.82) is 5.26 Å². The van der Waals surface area contributed by atoms with Crippen LogP contribution >= 0.6 is 0 Å². The van der Waals surface area contributed by atoms with Crippen molar-refractivity contribution in [2.75, 3.05) is 0 Å². The second-order valence-corrected chi connectivity index (χ2v) is 7.26. The molecule has 2 atom stereocenters. The molecule has 0 aromatic heterocycles. The molecular formula is C14H16N2O3S. The maximum absolute atomic E-state index is 12.8. The molecule has 0 radical (unpaired) electrons. The zero-order chi connectivity index (χ0) is 14.3. The predicted molar refractivity (Wildman–Crippen MR) is 72.2 cm³/mol. The van der Waals surface area contributed by atoms with Gasteiger partial charge in [0.1, 0.15) is 6.07 Å². The highest BCUT2D eigenvalue weighted by Crippen LogP contribution is 2.40. The standard InChI is InChI=1S/C14H16N2O3S/c15-9-10-3-1-2-4-14(10)20(18,19)16-11-5-6-12(16)8-13(17)7-11/h1-4,11-13,17H,5-8H2. The lowest BCUT2D eigenvalue weighted by Crippen LogP contribution is -2.47. The lowest BCUT2D eigenvalue weighted by Gasteiger charge is -2.36. The third kappa shape index (κ3) is 2.03. The van der Waals surface area contributed by atoms with Crippen molar-refractivity contribution in [1.82, 2.24) is 4.31 Å². The van der Waals surface area contributed by atoms with Crippen LogP contribution in [0.3, 0.4) is 0 Å². The number of nitriles is 1. The summed E-state index contributed by atoms with van der Waals surface area (Å²) in [6.07, 6.45) is 2.14. The largest absolute Gasteiger partial charge is 0.393 e. The molecule has 2 aliphatic rings. The Morgan fingerprint density at radius 2 is 1.80 bits per heavy atom. The Hall–Kier alpha value is -1.42. The van der Waals surface area contributed by atoms with Gasteiger partial charge in [0.25, 0.3) is 0 Å². The van der Waals surface area contributed by atoms with Crippen molar-refractivity contribution in [3.63, 3.8) is 0 Å². The van der Waals surface area contributed by atoms with Crippen LogP contribution in [0.15, 0.2) is 29.2 Å². The summed E-state index contributed by atoms with van der Waals surface area (Å²) in [5.74, 6) is 0. The highest BCUT2D eigenvalue weighted by atomic mass is 32.2. The molecule has 20 heavy (non-hydrogen) atoms. The molecule has 1 N–H and O–H groups in total. The molecule has 1 aromatic carbocycles. The van der Waals surface area contributed by atoms with Gasteiger partial charge in [-0.05, 0) is 37.8 Å². The maximum Gasteiger partial charge on any atom is 0.244 e. The fraction of sp³-hybridized carbons (Fsp3) is 0.500. The van der Waals surface area contributed by atoms with Gasteiger partial charge in [-0.25, -0.2) is 8.42 Å². The molecule has 2 aliphatic heterocycles. The van der Waals surface area contributed by atoms with Crippen molar-refractivity contribution in [2.45, 2.75) is 48.8 Å². The van der Waals surface area contributed by atoms with Gasteiger partial charge in [-0.1, -0.05) is 12.1 Å². The van der Waals surface area contributed by atoms with Gasteiger partial charge in [-0.2, -0.15) is 9.57 Å². The lowest BCUT2D eigenvalue weighted by atomic mass is 10.0. The Balaban J connectivity index is 2.04. The number of rotatable bonds is 2. The van der Waals surface area contributed by atoms with E-state index in [2.05, 4.69) is 0 Å². The molecule has 2 saturated heterocycles. The van der Waals surface area contributed by atoms with Crippen molar-refractivity contribution in [3.05, 3.63) is 29.8 Å². The average Bonchev–Trinajstić information content (AvgIpc) is 2.72. The van der Waals surface area contributed by atoms with E-state index in [1.807, 2.05) is 6.07 Å². The third-order valence-electron chi connectivity index (χ3n) is 4.20. The van der Waals surface area contributed by atoms with Crippen LogP contribution in [0.1, 0.15) is 31.2 Å². The number of fused-ring (bicyclic) bond motifs is 2. The lowest BCUT2D eigenvalue weighted by molar-refractivity contribution is 0.0768. The summed E-state index contributed by atoms with van der Waals surface area (Å²) < 4.78 is 27.2. The van der Waals surface area contributed by atoms with E-state index in [0.29, 0.717) is 12.8 Å². The second-order valence-electron chi connectivity index (χ2n) is 5.45. The minimum absolute atomic E-state index is 0.0794. The SMILES string of the molecule is N#Cc1ccccc1S(=O)(=O)N1C2CCC1CC(O)C2. The molecule has 5 nitrogen and oxygen atoms in total. The predicted octanol–water partition coefficient (Wildman–Crippen LogP) is 1.23. The van der Waals surface area contributed by atoms with Crippen LogP contribution in [0.4, 0.5) is 0 Å². The van der Waals surface area contributed by atoms with Gasteiger partial charge < -0.3 is 5.11 Å². The van der Waals surface area contributed by atoms with E-state index >= 15 is 0 Å². The van der Waals surface area contributed by atoms with E-state index < -0.39 is 16.1 Å². The zero-order valence-corrected chi connectivity index (χ0v) is 11.8. The average molecular weight is 292 g/mol. The highest BCUT2D eigenvalue weighted by molar-refractivity contribution is 7.89. The highest BCUT2D eigenvalue weighted by Gasteiger charge is 2.47. The summed E-state index contributed by atoms with van der Waals surface area (Å²) in [6.45, 7) is 0. The van der Waals surface area contributed by atoms with Crippen LogP contribution in [0, 0.1) is 11.3 Å². The minimum atomic E-state index is -3.66. The van der Waals surface area contributed by atoms with Crippen LogP contribution in [0.5, 0.6) is 0 Å². The Labute approximate surface area is 118 Å². The number of aliphatic hydroxyl groups is 1. The number of benzene rings is 1. The number of nitrogens with zero attached hydrogens (tertiary/aromatic N) is 2. The molecule has 2 unspecified atom stereocenters. The van der Waals surface area contributed by atoms with Crippen molar-refractivity contribution < 1.29 is 13.5 Å². The first-order valence-electron chi connectivity index (χ1n) is 6.75. The first-order valence-corrected chi connectivity index (χ1v) is 8.19. The number of hydrogen-bond donors (Lipinski definition) is 1. The summed E-state index contributed by atoms with van der Waals surface area (Å²) in [7, 11) is -3.66. The van der Waals surface area contributed by atoms with E-state index in [1.165, 1.54) is 16.4 Å². The number of piperidine rings is 1. The molecule has 0 aliphatic carbocycles. The van der Waals surface area contributed by atoms with E-state index in [1.54, 1.807) is 12.1 Å². The van der Waals surface area contributed by atoms with Gasteiger partial charge in [-0.15, -0.1) is 0 Å². The summed E-state index contributed by atoms with van der Waals surface area (Å²) in [5.41, 5.74) is 0.179. The van der Waals surface area contributed by atoms with Gasteiger partial charge in [-0.3, -0.25) is 0 Å². The van der Waals surface area contributed by atoms with E-state index in [0.717, 1.165) is 12.8 Å². The van der Waals surface area contributed by atoms with Gasteiger partial charge in [0.05, 0.1) is 16.6 Å². The molecule has 1 aromatic rings. The molecular weight excluding hydrogens is 276 g/mol. The van der Waals surface area contributed by atoms with Gasteiger partial charge >= 0.3 is 0 Å². The van der Waals surface area contributed by atoms with Crippen molar-refractivity contribution >= 4 is 10.0 Å². The smallest absolute Gasteiger partial charge is 0.244 e. The quantitative estimate of drug-likeness (QED) is 0.889. The Kier molecular flexibility index (Phi) is 3.28. The monoisotopic (exact) mass is 292 g/mol. The minimum Gasteiger partial charge on any atom is -0.393 e. The first kappa shape index (κ1) is 13.6. The topological polar surface area (TPSA) is 81.4 Å². The van der Waals surface area contributed by atoms with Gasteiger partial charge in [0, 0.05) is 12.1 Å². The molecule has 2 heterocycles. The number of sulfonamides is 1. The molecule has 0 amide bonds. The van der Waals surface area contributed by atoms with Crippen LogP contribution in [-0.2, 0) is 10.0 Å². The Morgan fingerprint density at radius 3 is 2.40 bits per heavy atom. The summed E-state index contributed by atoms with van der Waals surface area (Å²) in [4.78, 5) is 0.0794.